The Bertz CT molecular complexity index is 586. The molecule has 0 bridgehead atoms. The van der Waals surface area contributed by atoms with E-state index in [1.54, 1.807) is 0 Å². The third kappa shape index (κ3) is 2.31. The minimum absolute atomic E-state index is 0.118. The number of hydrogen-bond acceptors (Lipinski definition) is 2. The molecule has 2 heterocycles. The molecule has 1 aliphatic heterocycles. The molecule has 1 fully saturated rings. The van der Waals surface area contributed by atoms with Gasteiger partial charge in [0, 0.05) is 36.6 Å². The van der Waals surface area contributed by atoms with E-state index in [2.05, 4.69) is 23.9 Å². The highest BCUT2D eigenvalue weighted by molar-refractivity contribution is 5.98. The highest BCUT2D eigenvalue weighted by Crippen LogP contribution is 2.18. The summed E-state index contributed by atoms with van der Waals surface area (Å²) in [7, 11) is 2.14. The predicted molar refractivity (Wildman–Crippen MR) is 80.9 cm³/mol. The second kappa shape index (κ2) is 5.29. The molecule has 0 aliphatic carbocycles. The van der Waals surface area contributed by atoms with E-state index >= 15 is 0 Å². The minimum atomic E-state index is 0.118. The number of carbonyl (C=O) groups excluding carboxylic acids is 1. The Labute approximate surface area is 119 Å². The van der Waals surface area contributed by atoms with Gasteiger partial charge in [-0.25, -0.2) is 0 Å². The fourth-order valence-electron chi connectivity index (χ4n) is 2.93. The van der Waals surface area contributed by atoms with Crippen molar-refractivity contribution in [3.63, 3.8) is 0 Å². The molecular formula is C16H21N3O. The first-order valence-corrected chi connectivity index (χ1v) is 7.26. The van der Waals surface area contributed by atoms with Crippen LogP contribution in [0.15, 0.2) is 30.3 Å². The number of aromatic nitrogens is 1. The van der Waals surface area contributed by atoms with Crippen LogP contribution in [0.2, 0.25) is 0 Å². The first-order chi connectivity index (χ1) is 9.69. The number of amides is 1. The highest BCUT2D eigenvalue weighted by Gasteiger charge is 2.27. The average molecular weight is 271 g/mol. The number of aromatic amines is 1. The zero-order valence-electron chi connectivity index (χ0n) is 12.1. The highest BCUT2D eigenvalue weighted by atomic mass is 16.2. The summed E-state index contributed by atoms with van der Waals surface area (Å²) in [5.74, 6) is 0.118. The molecule has 2 aromatic rings. The average Bonchev–Trinajstić information content (AvgIpc) is 2.91. The molecule has 1 aliphatic rings. The lowest BCUT2D eigenvalue weighted by Gasteiger charge is -2.38. The molecule has 4 nitrogen and oxygen atoms in total. The van der Waals surface area contributed by atoms with Gasteiger partial charge >= 0.3 is 0 Å². The van der Waals surface area contributed by atoms with Crippen molar-refractivity contribution in [3.8, 4) is 0 Å². The molecule has 20 heavy (non-hydrogen) atoms. The standard InChI is InChI=1S/C16H21N3O/c1-3-13-11-19(9-8-18(13)2)16(20)15-10-12-6-4-5-7-14(12)17-15/h4-7,10,13,17H,3,8-9,11H2,1-2H3. The van der Waals surface area contributed by atoms with Gasteiger partial charge in [0.25, 0.3) is 5.91 Å². The van der Waals surface area contributed by atoms with Crippen LogP contribution in [0.5, 0.6) is 0 Å². The van der Waals surface area contributed by atoms with Gasteiger partial charge in [0.15, 0.2) is 0 Å². The number of nitrogens with one attached hydrogen (secondary N) is 1. The molecular weight excluding hydrogens is 250 g/mol. The fraction of sp³-hybridized carbons (Fsp3) is 0.438. The van der Waals surface area contributed by atoms with Gasteiger partial charge in [-0.1, -0.05) is 25.1 Å². The minimum Gasteiger partial charge on any atom is -0.351 e. The molecule has 1 atom stereocenters. The zero-order chi connectivity index (χ0) is 14.1. The number of para-hydroxylation sites is 1. The number of H-pyrrole nitrogens is 1. The number of benzene rings is 1. The Balaban J connectivity index is 1.81. The monoisotopic (exact) mass is 271 g/mol. The number of fused-ring (bicyclic) bond motifs is 1. The summed E-state index contributed by atoms with van der Waals surface area (Å²) in [5, 5.41) is 1.09. The first-order valence-electron chi connectivity index (χ1n) is 7.26. The fourth-order valence-corrected chi connectivity index (χ4v) is 2.93. The van der Waals surface area contributed by atoms with Crippen molar-refractivity contribution < 1.29 is 4.79 Å². The smallest absolute Gasteiger partial charge is 0.270 e. The summed E-state index contributed by atoms with van der Waals surface area (Å²) in [6.07, 6.45) is 1.08. The van der Waals surface area contributed by atoms with Gasteiger partial charge in [0.1, 0.15) is 5.69 Å². The second-order valence-corrected chi connectivity index (χ2v) is 5.56. The molecule has 4 heteroatoms. The van der Waals surface area contributed by atoms with E-state index in [1.165, 1.54) is 0 Å². The van der Waals surface area contributed by atoms with E-state index < -0.39 is 0 Å². The Morgan fingerprint density at radius 1 is 1.35 bits per heavy atom. The number of rotatable bonds is 2. The largest absolute Gasteiger partial charge is 0.351 e. The van der Waals surface area contributed by atoms with Crippen LogP contribution in [-0.4, -0.2) is 53.4 Å². The summed E-state index contributed by atoms with van der Waals surface area (Å²) in [6, 6.07) is 10.4. The summed E-state index contributed by atoms with van der Waals surface area (Å²) >= 11 is 0. The van der Waals surface area contributed by atoms with Gasteiger partial charge in [-0.05, 0) is 25.6 Å². The van der Waals surface area contributed by atoms with Crippen molar-refractivity contribution in [3.05, 3.63) is 36.0 Å². The normalized spacial score (nSPS) is 20.5. The van der Waals surface area contributed by atoms with Crippen LogP contribution in [0.4, 0.5) is 0 Å². The number of carbonyl (C=O) groups is 1. The summed E-state index contributed by atoms with van der Waals surface area (Å²) in [6.45, 7) is 4.75. The molecule has 1 N–H and O–H groups in total. The lowest BCUT2D eigenvalue weighted by atomic mass is 10.1. The van der Waals surface area contributed by atoms with Gasteiger partial charge in [0.2, 0.25) is 0 Å². The van der Waals surface area contributed by atoms with Crippen LogP contribution in [0, 0.1) is 0 Å². The maximum atomic E-state index is 12.6. The van der Waals surface area contributed by atoms with Crippen molar-refractivity contribution >= 4 is 16.8 Å². The van der Waals surface area contributed by atoms with Gasteiger partial charge in [-0.2, -0.15) is 0 Å². The summed E-state index contributed by atoms with van der Waals surface area (Å²) in [5.41, 5.74) is 1.72. The lowest BCUT2D eigenvalue weighted by Crippen LogP contribution is -2.53. The third-order valence-corrected chi connectivity index (χ3v) is 4.30. The topological polar surface area (TPSA) is 39.3 Å². The summed E-state index contributed by atoms with van der Waals surface area (Å²) < 4.78 is 0. The van der Waals surface area contributed by atoms with Crippen molar-refractivity contribution in [2.45, 2.75) is 19.4 Å². The van der Waals surface area contributed by atoms with Crippen LogP contribution < -0.4 is 0 Å². The Morgan fingerprint density at radius 3 is 2.90 bits per heavy atom. The molecule has 1 amide bonds. The third-order valence-electron chi connectivity index (χ3n) is 4.30. The SMILES string of the molecule is CCC1CN(C(=O)c2cc3ccccc3[nH]2)CCN1C. The molecule has 1 aromatic carbocycles. The van der Waals surface area contributed by atoms with E-state index in [1.807, 2.05) is 35.2 Å². The van der Waals surface area contributed by atoms with E-state index in [9.17, 15) is 4.79 Å². The van der Waals surface area contributed by atoms with Crippen molar-refractivity contribution in [2.75, 3.05) is 26.7 Å². The Kier molecular flexibility index (Phi) is 3.49. The number of likely N-dealkylation sites (N-methyl/N-ethyl adjacent to an activating group) is 1. The Morgan fingerprint density at radius 2 is 2.15 bits per heavy atom. The molecule has 106 valence electrons. The molecule has 0 spiro atoms. The molecule has 0 radical (unpaired) electrons. The van der Waals surface area contributed by atoms with Crippen LogP contribution in [-0.2, 0) is 0 Å². The second-order valence-electron chi connectivity index (χ2n) is 5.56. The maximum absolute atomic E-state index is 12.6. The van der Waals surface area contributed by atoms with Crippen molar-refractivity contribution in [1.29, 1.82) is 0 Å². The van der Waals surface area contributed by atoms with Gasteiger partial charge in [0.05, 0.1) is 0 Å². The van der Waals surface area contributed by atoms with Crippen molar-refractivity contribution in [1.82, 2.24) is 14.8 Å². The van der Waals surface area contributed by atoms with Crippen LogP contribution in [0.3, 0.4) is 0 Å². The molecule has 1 unspecified atom stereocenters. The van der Waals surface area contributed by atoms with E-state index in [0.717, 1.165) is 37.0 Å². The number of hydrogen-bond donors (Lipinski definition) is 1. The molecule has 3 rings (SSSR count). The maximum Gasteiger partial charge on any atom is 0.270 e. The van der Waals surface area contributed by atoms with Gasteiger partial charge < -0.3 is 9.88 Å². The predicted octanol–water partition coefficient (Wildman–Crippen LogP) is 2.33. The van der Waals surface area contributed by atoms with Crippen LogP contribution >= 0.6 is 0 Å². The molecule has 1 saturated heterocycles. The lowest BCUT2D eigenvalue weighted by molar-refractivity contribution is 0.0537. The van der Waals surface area contributed by atoms with E-state index in [4.69, 9.17) is 0 Å². The van der Waals surface area contributed by atoms with Gasteiger partial charge in [-0.3, -0.25) is 9.69 Å². The van der Waals surface area contributed by atoms with E-state index in [-0.39, 0.29) is 5.91 Å². The number of piperazine rings is 1. The Hall–Kier alpha value is -1.81. The summed E-state index contributed by atoms with van der Waals surface area (Å²) in [4.78, 5) is 20.2. The van der Waals surface area contributed by atoms with E-state index in [0.29, 0.717) is 11.7 Å². The quantitative estimate of drug-likeness (QED) is 0.910. The van der Waals surface area contributed by atoms with Gasteiger partial charge in [-0.15, -0.1) is 0 Å². The molecule has 0 saturated carbocycles. The molecule has 1 aromatic heterocycles. The zero-order valence-corrected chi connectivity index (χ0v) is 12.1. The first kappa shape index (κ1) is 13.2. The van der Waals surface area contributed by atoms with Crippen molar-refractivity contribution in [2.24, 2.45) is 0 Å². The van der Waals surface area contributed by atoms with Crippen LogP contribution in [0.25, 0.3) is 10.9 Å². The van der Waals surface area contributed by atoms with Crippen LogP contribution in [0.1, 0.15) is 23.8 Å². The number of nitrogens with zero attached hydrogens (tertiary/aromatic N) is 2.